The van der Waals surface area contributed by atoms with Crippen molar-refractivity contribution in [1.82, 2.24) is 9.88 Å². The minimum Gasteiger partial charge on any atom is -1.00 e. The van der Waals surface area contributed by atoms with Crippen LogP contribution in [0.1, 0.15) is 53.3 Å². The number of benzene rings is 2. The van der Waals surface area contributed by atoms with Crippen molar-refractivity contribution >= 4 is 10.9 Å². The van der Waals surface area contributed by atoms with Crippen LogP contribution >= 0.6 is 0 Å². The van der Waals surface area contributed by atoms with Gasteiger partial charge in [-0.3, -0.25) is 4.90 Å². The Hall–Kier alpha value is -1.81. The average Bonchev–Trinajstić information content (AvgIpc) is 3.45. The maximum Gasteiger partial charge on any atom is 0.166 e. The van der Waals surface area contributed by atoms with Crippen molar-refractivity contribution in [2.24, 2.45) is 5.92 Å². The first-order chi connectivity index (χ1) is 17.2. The molecule has 2 aliphatic heterocycles. The average molecular weight is 614 g/mol. The SMILES string of the molecule is C[N+](C)(C)Cc1ccc2[nH]c3c(c2c1)C[C@@]1(O)[C@@H]2Cc4ccc(O)c5c4[C@@]1(CCN2CC1CC1)[C@H]3O5.[I-]. The Bertz CT molecular complexity index is 1440. The molecule has 2 aromatic carbocycles. The number of halogens is 1. The van der Waals surface area contributed by atoms with Gasteiger partial charge in [0.2, 0.25) is 0 Å². The fourth-order valence-corrected chi connectivity index (χ4v) is 8.31. The van der Waals surface area contributed by atoms with Gasteiger partial charge in [-0.1, -0.05) is 12.1 Å². The summed E-state index contributed by atoms with van der Waals surface area (Å²) < 4.78 is 7.57. The number of piperidine rings is 1. The molecule has 8 rings (SSSR count). The lowest BCUT2D eigenvalue weighted by Crippen LogP contribution is -3.00. The Balaban J connectivity index is 0.00000231. The van der Waals surface area contributed by atoms with Crippen LogP contribution in [0.3, 0.4) is 0 Å². The number of phenols is 1. The summed E-state index contributed by atoms with van der Waals surface area (Å²) in [5, 5.41) is 25.0. The van der Waals surface area contributed by atoms with Gasteiger partial charge in [0.1, 0.15) is 6.54 Å². The van der Waals surface area contributed by atoms with Crippen LogP contribution in [-0.4, -0.2) is 70.5 Å². The van der Waals surface area contributed by atoms with E-state index >= 15 is 0 Å². The lowest BCUT2D eigenvalue weighted by Gasteiger charge is -2.62. The molecule has 0 unspecified atom stereocenters. The molecule has 2 fully saturated rings. The number of hydrogen-bond acceptors (Lipinski definition) is 4. The number of H-pyrrole nitrogens is 1. The number of phenolic OH excluding ortho intramolecular Hbond substituents is 1. The Morgan fingerprint density at radius 1 is 1.16 bits per heavy atom. The van der Waals surface area contributed by atoms with Crippen LogP contribution in [0.4, 0.5) is 0 Å². The van der Waals surface area contributed by atoms with Crippen molar-refractivity contribution in [2.75, 3.05) is 34.2 Å². The number of fused-ring (bicyclic) bond motifs is 4. The van der Waals surface area contributed by atoms with E-state index in [-0.39, 0.29) is 41.9 Å². The van der Waals surface area contributed by atoms with E-state index in [2.05, 4.69) is 55.3 Å². The van der Waals surface area contributed by atoms with Gasteiger partial charge in [-0.2, -0.15) is 0 Å². The van der Waals surface area contributed by atoms with Gasteiger partial charge in [0.25, 0.3) is 0 Å². The summed E-state index contributed by atoms with van der Waals surface area (Å²) >= 11 is 0. The summed E-state index contributed by atoms with van der Waals surface area (Å²) in [4.78, 5) is 6.32. The van der Waals surface area contributed by atoms with Crippen molar-refractivity contribution in [1.29, 1.82) is 0 Å². The summed E-state index contributed by atoms with van der Waals surface area (Å²) in [6.45, 7) is 3.01. The fourth-order valence-electron chi connectivity index (χ4n) is 8.31. The molecular weight excluding hydrogens is 577 g/mol. The van der Waals surface area contributed by atoms with Crippen molar-refractivity contribution in [3.63, 3.8) is 0 Å². The maximum absolute atomic E-state index is 13.0. The molecule has 1 spiro atoms. The number of aromatic nitrogens is 1. The van der Waals surface area contributed by atoms with Gasteiger partial charge < -0.3 is 48.4 Å². The van der Waals surface area contributed by atoms with E-state index in [0.717, 1.165) is 59.7 Å². The quantitative estimate of drug-likeness (QED) is 0.301. The second-order valence-corrected chi connectivity index (χ2v) is 13.3. The fraction of sp³-hybridized carbons (Fsp3) is 0.533. The van der Waals surface area contributed by atoms with E-state index in [1.165, 1.54) is 34.9 Å². The second-order valence-electron chi connectivity index (χ2n) is 13.3. The predicted molar refractivity (Wildman–Crippen MR) is 138 cm³/mol. The summed E-state index contributed by atoms with van der Waals surface area (Å²) in [5.74, 6) is 1.57. The minimum atomic E-state index is -0.935. The third-order valence-electron chi connectivity index (χ3n) is 9.88. The zero-order chi connectivity index (χ0) is 24.6. The third-order valence-corrected chi connectivity index (χ3v) is 9.88. The highest BCUT2D eigenvalue weighted by molar-refractivity contribution is 5.87. The molecule has 0 amide bonds. The molecule has 7 heteroatoms. The van der Waals surface area contributed by atoms with Crippen LogP contribution < -0.4 is 28.7 Å². The highest BCUT2D eigenvalue weighted by Crippen LogP contribution is 2.69. The number of nitrogens with zero attached hydrogens (tertiary/aromatic N) is 2. The molecule has 4 atom stereocenters. The van der Waals surface area contributed by atoms with Crippen LogP contribution in [0.15, 0.2) is 30.3 Å². The van der Waals surface area contributed by atoms with Gasteiger partial charge in [0.15, 0.2) is 17.6 Å². The van der Waals surface area contributed by atoms with E-state index in [1.807, 2.05) is 0 Å². The normalized spacial score (nSPS) is 31.5. The van der Waals surface area contributed by atoms with E-state index in [0.29, 0.717) is 12.2 Å². The van der Waals surface area contributed by atoms with E-state index in [1.54, 1.807) is 6.07 Å². The number of nitrogens with one attached hydrogen (secondary N) is 1. The van der Waals surface area contributed by atoms with Gasteiger partial charge in [-0.05, 0) is 67.5 Å². The van der Waals surface area contributed by atoms with Crippen LogP contribution in [0.25, 0.3) is 10.9 Å². The van der Waals surface area contributed by atoms with Crippen LogP contribution in [0.5, 0.6) is 11.5 Å². The minimum absolute atomic E-state index is 0. The van der Waals surface area contributed by atoms with Gasteiger partial charge in [-0.15, -0.1) is 0 Å². The largest absolute Gasteiger partial charge is 1.00 e. The summed E-state index contributed by atoms with van der Waals surface area (Å²) in [6.07, 6.45) is 4.60. The molecule has 6 nitrogen and oxygen atoms in total. The second kappa shape index (κ2) is 7.64. The number of quaternary nitrogens is 1. The molecule has 3 heterocycles. The lowest BCUT2D eigenvalue weighted by molar-refractivity contribution is -0.883. The van der Waals surface area contributed by atoms with Crippen LogP contribution in [0.2, 0.25) is 0 Å². The molecule has 3 aromatic rings. The van der Waals surface area contributed by atoms with E-state index in [9.17, 15) is 10.2 Å². The Labute approximate surface area is 235 Å². The Morgan fingerprint density at radius 2 is 1.97 bits per heavy atom. The van der Waals surface area contributed by atoms with Crippen molar-refractivity contribution in [3.8, 4) is 11.5 Å². The van der Waals surface area contributed by atoms with Gasteiger partial charge in [0.05, 0.1) is 37.9 Å². The van der Waals surface area contributed by atoms with Crippen LogP contribution in [0, 0.1) is 5.92 Å². The standard InChI is InChI=1S/C30H35N3O3.HI/c1-33(2,3)16-18-6-8-22-20(12-18)21-14-30(35)24-13-19-7-9-23(34)27-25(19)29(30,28(36-27)26(21)31-22)10-11-32(24)15-17-4-5-17;/h6-9,12,17,24,28,31,35H,4-5,10-11,13-16H2,1-3H3;1H/t24-,28-,29-,30+;/m0./s1. The first-order valence-electron chi connectivity index (χ1n) is 13.6. The number of aromatic hydroxyl groups is 1. The number of hydrogen-bond donors (Lipinski definition) is 3. The van der Waals surface area contributed by atoms with Crippen LogP contribution in [-0.2, 0) is 24.8 Å². The monoisotopic (exact) mass is 613 g/mol. The molecule has 1 saturated carbocycles. The van der Waals surface area contributed by atoms with E-state index < -0.39 is 11.0 Å². The van der Waals surface area contributed by atoms with Gasteiger partial charge in [0, 0.05) is 41.0 Å². The summed E-state index contributed by atoms with van der Waals surface area (Å²) in [6, 6.07) is 10.7. The lowest BCUT2D eigenvalue weighted by atomic mass is 9.49. The first kappa shape index (κ1) is 24.2. The molecular formula is C30H36IN3O3. The van der Waals surface area contributed by atoms with Gasteiger partial charge >= 0.3 is 0 Å². The topological polar surface area (TPSA) is 68.7 Å². The first-order valence-corrected chi connectivity index (χ1v) is 13.6. The molecule has 3 aliphatic carbocycles. The highest BCUT2D eigenvalue weighted by atomic mass is 127. The zero-order valence-electron chi connectivity index (χ0n) is 21.9. The molecule has 0 radical (unpaired) electrons. The van der Waals surface area contributed by atoms with Crippen molar-refractivity contribution < 1.29 is 43.4 Å². The summed E-state index contributed by atoms with van der Waals surface area (Å²) in [5.41, 5.74) is 5.56. The maximum atomic E-state index is 13.0. The summed E-state index contributed by atoms with van der Waals surface area (Å²) in [7, 11) is 6.65. The molecule has 5 aliphatic rings. The van der Waals surface area contributed by atoms with Crippen molar-refractivity contribution in [2.45, 2.75) is 61.8 Å². The number of likely N-dealkylation sites (tertiary alicyclic amines) is 1. The Kier molecular flexibility index (Phi) is 5.01. The molecule has 3 N–H and O–H groups in total. The van der Waals surface area contributed by atoms with Gasteiger partial charge in [-0.25, -0.2) is 0 Å². The number of ether oxygens (including phenoxy) is 1. The third kappa shape index (κ3) is 3.14. The van der Waals surface area contributed by atoms with Crippen molar-refractivity contribution in [3.05, 3.63) is 58.3 Å². The predicted octanol–water partition coefficient (Wildman–Crippen LogP) is 0.783. The molecule has 1 aromatic heterocycles. The smallest absolute Gasteiger partial charge is 0.166 e. The highest BCUT2D eigenvalue weighted by Gasteiger charge is 2.72. The molecule has 2 bridgehead atoms. The van der Waals surface area contributed by atoms with E-state index in [4.69, 9.17) is 4.74 Å². The zero-order valence-corrected chi connectivity index (χ0v) is 24.0. The number of rotatable bonds is 4. The Morgan fingerprint density at radius 3 is 2.73 bits per heavy atom. The molecule has 37 heavy (non-hydrogen) atoms. The molecule has 196 valence electrons. The number of aliphatic hydroxyl groups is 1. The molecule has 1 saturated heterocycles. The number of aromatic amines is 1.